The number of halogens is 1. The second kappa shape index (κ2) is 7.31. The quantitative estimate of drug-likeness (QED) is 0.636. The van der Waals surface area contributed by atoms with Crippen LogP contribution in [-0.2, 0) is 0 Å². The number of carbonyl (C=O) groups excluding carboxylic acids is 1. The summed E-state index contributed by atoms with van der Waals surface area (Å²) in [6.07, 6.45) is 0. The lowest BCUT2D eigenvalue weighted by Gasteiger charge is -2.13. The molecule has 0 heterocycles. The largest absolute Gasteiger partial charge is 0.322 e. The van der Waals surface area contributed by atoms with Crippen LogP contribution in [0.1, 0.15) is 35.7 Å². The predicted molar refractivity (Wildman–Crippen MR) is 100 cm³/mol. The van der Waals surface area contributed by atoms with Crippen molar-refractivity contribution in [3.63, 3.8) is 0 Å². The summed E-state index contributed by atoms with van der Waals surface area (Å²) in [5.41, 5.74) is 4.34. The van der Waals surface area contributed by atoms with Crippen LogP contribution in [0.2, 0.25) is 0 Å². The maximum absolute atomic E-state index is 13.3. The van der Waals surface area contributed by atoms with Crippen molar-refractivity contribution in [2.75, 3.05) is 5.32 Å². The van der Waals surface area contributed by atoms with Gasteiger partial charge in [-0.05, 0) is 52.9 Å². The molecule has 3 rings (SSSR count). The number of hydrogen-bond donors (Lipinski definition) is 1. The normalized spacial score (nSPS) is 10.7. The van der Waals surface area contributed by atoms with Gasteiger partial charge < -0.3 is 5.32 Å². The Hall–Kier alpha value is -2.94. The molecule has 3 aromatic carbocycles. The standard InChI is InChI=1S/C22H20FNO/c1-15(2)20-11-3-4-12-21(20)16-7-5-8-17(13-16)22(25)24-19-10-6-9-18(23)14-19/h3-15H,1-2H3,(H,24,25). The molecule has 0 unspecified atom stereocenters. The Morgan fingerprint density at radius 3 is 2.44 bits per heavy atom. The SMILES string of the molecule is CC(C)c1ccccc1-c1cccc(C(=O)Nc2cccc(F)c2)c1. The van der Waals surface area contributed by atoms with Crippen molar-refractivity contribution in [3.05, 3.63) is 89.7 Å². The van der Waals surface area contributed by atoms with E-state index in [2.05, 4.69) is 31.3 Å². The van der Waals surface area contributed by atoms with E-state index in [0.29, 0.717) is 17.2 Å². The minimum Gasteiger partial charge on any atom is -0.322 e. The van der Waals surface area contributed by atoms with E-state index in [-0.39, 0.29) is 11.7 Å². The molecule has 0 saturated carbocycles. The third-order valence-electron chi connectivity index (χ3n) is 4.10. The number of benzene rings is 3. The minimum atomic E-state index is -0.377. The van der Waals surface area contributed by atoms with E-state index in [0.717, 1.165) is 11.1 Å². The second-order valence-electron chi connectivity index (χ2n) is 6.29. The van der Waals surface area contributed by atoms with Gasteiger partial charge in [-0.25, -0.2) is 4.39 Å². The van der Waals surface area contributed by atoms with Crippen LogP contribution in [0.4, 0.5) is 10.1 Å². The highest BCUT2D eigenvalue weighted by Gasteiger charge is 2.11. The van der Waals surface area contributed by atoms with E-state index in [9.17, 15) is 9.18 Å². The van der Waals surface area contributed by atoms with Gasteiger partial charge >= 0.3 is 0 Å². The molecular formula is C22H20FNO. The number of carbonyl (C=O) groups is 1. The van der Waals surface area contributed by atoms with Crippen molar-refractivity contribution in [2.24, 2.45) is 0 Å². The average molecular weight is 333 g/mol. The molecule has 3 heteroatoms. The van der Waals surface area contributed by atoms with Crippen molar-refractivity contribution in [1.29, 1.82) is 0 Å². The van der Waals surface area contributed by atoms with Gasteiger partial charge in [0.1, 0.15) is 5.82 Å². The number of nitrogens with one attached hydrogen (secondary N) is 1. The molecule has 1 N–H and O–H groups in total. The highest BCUT2D eigenvalue weighted by Crippen LogP contribution is 2.29. The molecule has 1 amide bonds. The first-order chi connectivity index (χ1) is 12.0. The first kappa shape index (κ1) is 16.9. The molecule has 25 heavy (non-hydrogen) atoms. The van der Waals surface area contributed by atoms with Crippen molar-refractivity contribution < 1.29 is 9.18 Å². The average Bonchev–Trinajstić information content (AvgIpc) is 2.62. The Balaban J connectivity index is 1.91. The summed E-state index contributed by atoms with van der Waals surface area (Å²) in [7, 11) is 0. The summed E-state index contributed by atoms with van der Waals surface area (Å²) in [4.78, 5) is 12.5. The lowest BCUT2D eigenvalue weighted by Crippen LogP contribution is -2.12. The molecule has 0 radical (unpaired) electrons. The zero-order chi connectivity index (χ0) is 17.8. The fourth-order valence-electron chi connectivity index (χ4n) is 2.86. The van der Waals surface area contributed by atoms with Gasteiger partial charge in [0.2, 0.25) is 0 Å². The summed E-state index contributed by atoms with van der Waals surface area (Å²) in [6, 6.07) is 21.6. The summed E-state index contributed by atoms with van der Waals surface area (Å²) >= 11 is 0. The molecule has 0 aromatic heterocycles. The van der Waals surface area contributed by atoms with E-state index in [1.165, 1.54) is 17.7 Å². The van der Waals surface area contributed by atoms with Gasteiger partial charge in [0, 0.05) is 11.3 Å². The third kappa shape index (κ3) is 3.94. The van der Waals surface area contributed by atoms with E-state index >= 15 is 0 Å². The molecule has 0 aliphatic carbocycles. The lowest BCUT2D eigenvalue weighted by molar-refractivity contribution is 0.102. The van der Waals surface area contributed by atoms with E-state index in [1.807, 2.05) is 30.3 Å². The Kier molecular flexibility index (Phi) is 4.94. The zero-order valence-electron chi connectivity index (χ0n) is 14.3. The first-order valence-electron chi connectivity index (χ1n) is 8.31. The molecular weight excluding hydrogens is 313 g/mol. The molecule has 0 atom stereocenters. The molecule has 0 saturated heterocycles. The van der Waals surface area contributed by atoms with E-state index in [4.69, 9.17) is 0 Å². The number of anilines is 1. The lowest BCUT2D eigenvalue weighted by atomic mass is 9.92. The van der Waals surface area contributed by atoms with Crippen LogP contribution in [0.25, 0.3) is 11.1 Å². The topological polar surface area (TPSA) is 29.1 Å². The highest BCUT2D eigenvalue weighted by molar-refractivity contribution is 6.05. The van der Waals surface area contributed by atoms with Crippen LogP contribution in [0.3, 0.4) is 0 Å². The van der Waals surface area contributed by atoms with Crippen molar-refractivity contribution in [1.82, 2.24) is 0 Å². The maximum atomic E-state index is 13.3. The fourth-order valence-corrected chi connectivity index (χ4v) is 2.86. The van der Waals surface area contributed by atoms with Crippen LogP contribution in [0.15, 0.2) is 72.8 Å². The Morgan fingerprint density at radius 2 is 1.68 bits per heavy atom. The number of rotatable bonds is 4. The second-order valence-corrected chi connectivity index (χ2v) is 6.29. The van der Waals surface area contributed by atoms with Gasteiger partial charge in [-0.3, -0.25) is 4.79 Å². The molecule has 126 valence electrons. The molecule has 0 aliphatic rings. The maximum Gasteiger partial charge on any atom is 0.255 e. The Labute approximate surface area is 147 Å². The fraction of sp³-hybridized carbons (Fsp3) is 0.136. The third-order valence-corrected chi connectivity index (χ3v) is 4.10. The molecule has 3 aromatic rings. The van der Waals surface area contributed by atoms with E-state index < -0.39 is 0 Å². The number of amides is 1. The minimum absolute atomic E-state index is 0.255. The number of hydrogen-bond acceptors (Lipinski definition) is 1. The van der Waals surface area contributed by atoms with Crippen LogP contribution in [-0.4, -0.2) is 5.91 Å². The Morgan fingerprint density at radius 1 is 0.920 bits per heavy atom. The molecule has 0 fully saturated rings. The smallest absolute Gasteiger partial charge is 0.255 e. The molecule has 2 nitrogen and oxygen atoms in total. The summed E-state index contributed by atoms with van der Waals surface area (Å²) in [5, 5.41) is 2.74. The Bertz CT molecular complexity index is 902. The molecule has 0 aliphatic heterocycles. The van der Waals surface area contributed by atoms with Gasteiger partial charge in [0.15, 0.2) is 0 Å². The van der Waals surface area contributed by atoms with Crippen molar-refractivity contribution >= 4 is 11.6 Å². The van der Waals surface area contributed by atoms with Gasteiger partial charge in [-0.1, -0.05) is 56.3 Å². The summed E-state index contributed by atoms with van der Waals surface area (Å²) < 4.78 is 13.3. The van der Waals surface area contributed by atoms with Gasteiger partial charge in [-0.15, -0.1) is 0 Å². The predicted octanol–water partition coefficient (Wildman–Crippen LogP) is 5.87. The highest BCUT2D eigenvalue weighted by atomic mass is 19.1. The monoisotopic (exact) mass is 333 g/mol. The summed E-state index contributed by atoms with van der Waals surface area (Å²) in [6.45, 7) is 4.30. The van der Waals surface area contributed by atoms with Crippen molar-refractivity contribution in [3.8, 4) is 11.1 Å². The van der Waals surface area contributed by atoms with Gasteiger partial charge in [0.25, 0.3) is 5.91 Å². The van der Waals surface area contributed by atoms with Gasteiger partial charge in [-0.2, -0.15) is 0 Å². The van der Waals surface area contributed by atoms with Crippen molar-refractivity contribution in [2.45, 2.75) is 19.8 Å². The van der Waals surface area contributed by atoms with E-state index in [1.54, 1.807) is 18.2 Å². The van der Waals surface area contributed by atoms with Crippen LogP contribution in [0, 0.1) is 5.82 Å². The van der Waals surface area contributed by atoms with Crippen LogP contribution >= 0.6 is 0 Å². The molecule has 0 spiro atoms. The zero-order valence-corrected chi connectivity index (χ0v) is 14.3. The van der Waals surface area contributed by atoms with Gasteiger partial charge in [0.05, 0.1) is 0 Å². The van der Waals surface area contributed by atoms with Crippen LogP contribution in [0.5, 0.6) is 0 Å². The summed E-state index contributed by atoms with van der Waals surface area (Å²) in [5.74, 6) is -0.243. The molecule has 0 bridgehead atoms. The first-order valence-corrected chi connectivity index (χ1v) is 8.31. The van der Waals surface area contributed by atoms with Crippen LogP contribution < -0.4 is 5.32 Å².